The zero-order valence-electron chi connectivity index (χ0n) is 11.0. The molecule has 0 saturated heterocycles. The van der Waals surface area contributed by atoms with Crippen LogP contribution in [0.2, 0.25) is 0 Å². The molecule has 0 radical (unpaired) electrons. The molecule has 1 nitrogen and oxygen atoms in total. The van der Waals surface area contributed by atoms with Crippen molar-refractivity contribution in [2.75, 3.05) is 0 Å². The maximum atomic E-state index is 5.43. The summed E-state index contributed by atoms with van der Waals surface area (Å²) < 4.78 is 5.43. The van der Waals surface area contributed by atoms with Gasteiger partial charge in [-0.3, -0.25) is 0 Å². The number of hydrogen-bond donors (Lipinski definition) is 0. The molecule has 0 N–H and O–H groups in total. The molecule has 2 heteroatoms. The van der Waals surface area contributed by atoms with E-state index < -0.39 is 0 Å². The molecule has 0 amide bonds. The van der Waals surface area contributed by atoms with E-state index in [0.717, 1.165) is 11.3 Å². The van der Waals surface area contributed by atoms with Crippen molar-refractivity contribution >= 4 is 26.7 Å². The summed E-state index contributed by atoms with van der Waals surface area (Å²) in [6.07, 6.45) is 1.83. The Morgan fingerprint density at radius 2 is 1.84 bits per heavy atom. The molecule has 0 bridgehead atoms. The number of hydrogen-bond acceptors (Lipinski definition) is 1. The molecule has 0 fully saturated rings. The first-order valence-corrected chi connectivity index (χ1v) is 7.26. The Hall–Kier alpha value is -1.54. The fourth-order valence-electron chi connectivity index (χ4n) is 2.50. The van der Waals surface area contributed by atoms with Crippen molar-refractivity contribution in [3.8, 4) is 0 Å². The Morgan fingerprint density at radius 3 is 2.58 bits per heavy atom. The summed E-state index contributed by atoms with van der Waals surface area (Å²) in [5, 5.41) is 2.57. The minimum absolute atomic E-state index is 0.163. The van der Waals surface area contributed by atoms with Crippen LogP contribution in [0.25, 0.3) is 10.8 Å². The molecule has 19 heavy (non-hydrogen) atoms. The third kappa shape index (κ3) is 2.21. The van der Waals surface area contributed by atoms with Crippen molar-refractivity contribution in [2.24, 2.45) is 0 Å². The van der Waals surface area contributed by atoms with Gasteiger partial charge >= 0.3 is 0 Å². The number of halogens is 1. The second kappa shape index (κ2) is 4.86. The Kier molecular flexibility index (Phi) is 3.19. The quantitative estimate of drug-likeness (QED) is 0.566. The van der Waals surface area contributed by atoms with Crippen LogP contribution in [0.4, 0.5) is 0 Å². The van der Waals surface area contributed by atoms with Crippen molar-refractivity contribution in [3.05, 3.63) is 71.2 Å². The van der Waals surface area contributed by atoms with Crippen LogP contribution in [-0.2, 0) is 0 Å². The van der Waals surface area contributed by atoms with E-state index in [0.29, 0.717) is 0 Å². The molecule has 3 rings (SSSR count). The van der Waals surface area contributed by atoms with Crippen molar-refractivity contribution in [3.63, 3.8) is 0 Å². The predicted molar refractivity (Wildman–Crippen MR) is 82.9 cm³/mol. The lowest BCUT2D eigenvalue weighted by molar-refractivity contribution is 0.532. The van der Waals surface area contributed by atoms with E-state index in [-0.39, 0.29) is 4.83 Å². The smallest absolute Gasteiger partial charge is 0.101 e. The molecule has 1 unspecified atom stereocenters. The minimum atomic E-state index is 0.163. The van der Waals surface area contributed by atoms with Gasteiger partial charge in [-0.2, -0.15) is 0 Å². The van der Waals surface area contributed by atoms with E-state index in [4.69, 9.17) is 4.42 Å². The first kappa shape index (κ1) is 12.5. The Morgan fingerprint density at radius 1 is 1.05 bits per heavy atom. The number of alkyl halides is 1. The van der Waals surface area contributed by atoms with Gasteiger partial charge in [0.25, 0.3) is 0 Å². The molecule has 0 aliphatic heterocycles. The molecule has 1 atom stereocenters. The normalized spacial score (nSPS) is 12.8. The summed E-state index contributed by atoms with van der Waals surface area (Å²) in [4.78, 5) is 0.163. The lowest BCUT2D eigenvalue weighted by Gasteiger charge is -2.15. The van der Waals surface area contributed by atoms with Gasteiger partial charge in [0.15, 0.2) is 0 Å². The predicted octanol–water partition coefficient (Wildman–Crippen LogP) is 5.53. The summed E-state index contributed by atoms with van der Waals surface area (Å²) in [6.45, 7) is 4.13. The number of aryl methyl sites for hydroxylation is 2. The molecular formula is C17H15BrO. The van der Waals surface area contributed by atoms with Crippen LogP contribution in [-0.4, -0.2) is 0 Å². The molecule has 0 spiro atoms. The van der Waals surface area contributed by atoms with Crippen molar-refractivity contribution in [1.82, 2.24) is 0 Å². The summed E-state index contributed by atoms with van der Waals surface area (Å²) >= 11 is 3.82. The first-order valence-electron chi connectivity index (χ1n) is 6.34. The van der Waals surface area contributed by atoms with Gasteiger partial charge < -0.3 is 4.42 Å². The number of benzene rings is 2. The van der Waals surface area contributed by atoms with E-state index in [1.165, 1.54) is 21.9 Å². The van der Waals surface area contributed by atoms with Gasteiger partial charge in [0.2, 0.25) is 0 Å². The van der Waals surface area contributed by atoms with Crippen LogP contribution >= 0.6 is 15.9 Å². The molecule has 2 aromatic carbocycles. The van der Waals surface area contributed by atoms with E-state index >= 15 is 0 Å². The number of fused-ring (bicyclic) bond motifs is 1. The molecule has 1 heterocycles. The molecular weight excluding hydrogens is 300 g/mol. The van der Waals surface area contributed by atoms with Crippen LogP contribution in [0, 0.1) is 13.8 Å². The third-order valence-electron chi connectivity index (χ3n) is 3.49. The van der Waals surface area contributed by atoms with Gasteiger partial charge in [0.05, 0.1) is 11.1 Å². The molecule has 0 aliphatic carbocycles. The summed E-state index contributed by atoms with van der Waals surface area (Å²) in [5.41, 5.74) is 3.77. The highest BCUT2D eigenvalue weighted by Crippen LogP contribution is 2.38. The number of furan rings is 1. The van der Waals surface area contributed by atoms with Crippen LogP contribution in [0.1, 0.15) is 27.3 Å². The van der Waals surface area contributed by atoms with E-state index in [2.05, 4.69) is 65.3 Å². The van der Waals surface area contributed by atoms with Crippen LogP contribution in [0.15, 0.2) is 53.1 Å². The second-order valence-electron chi connectivity index (χ2n) is 4.87. The highest BCUT2D eigenvalue weighted by molar-refractivity contribution is 9.09. The van der Waals surface area contributed by atoms with Crippen molar-refractivity contribution in [2.45, 2.75) is 18.7 Å². The molecule has 0 aliphatic rings. The van der Waals surface area contributed by atoms with Gasteiger partial charge in [0, 0.05) is 5.56 Å². The highest BCUT2D eigenvalue weighted by Gasteiger charge is 2.17. The maximum Gasteiger partial charge on any atom is 0.101 e. The Bertz CT molecular complexity index is 727. The zero-order valence-corrected chi connectivity index (χ0v) is 12.6. The van der Waals surface area contributed by atoms with Crippen LogP contribution < -0.4 is 0 Å². The molecule has 96 valence electrons. The second-order valence-corrected chi connectivity index (χ2v) is 5.79. The Balaban J connectivity index is 2.21. The average Bonchev–Trinajstić information content (AvgIpc) is 2.85. The maximum absolute atomic E-state index is 5.43. The average molecular weight is 315 g/mol. The lowest BCUT2D eigenvalue weighted by Crippen LogP contribution is -1.96. The van der Waals surface area contributed by atoms with E-state index in [1.54, 1.807) is 0 Å². The summed E-state index contributed by atoms with van der Waals surface area (Å²) in [6, 6.07) is 14.9. The lowest BCUT2D eigenvalue weighted by atomic mass is 9.95. The molecule has 0 saturated carbocycles. The van der Waals surface area contributed by atoms with Gasteiger partial charge in [-0.05, 0) is 41.8 Å². The monoisotopic (exact) mass is 314 g/mol. The molecule has 1 aromatic heterocycles. The van der Waals surface area contributed by atoms with Crippen LogP contribution in [0.5, 0.6) is 0 Å². The fraction of sp³-hybridized carbons (Fsp3) is 0.176. The molecule has 3 aromatic rings. The fourth-order valence-corrected chi connectivity index (χ4v) is 3.35. The minimum Gasteiger partial charge on any atom is -0.469 e. The van der Waals surface area contributed by atoms with Crippen LogP contribution in [0.3, 0.4) is 0 Å². The van der Waals surface area contributed by atoms with E-state index in [9.17, 15) is 0 Å². The largest absolute Gasteiger partial charge is 0.469 e. The van der Waals surface area contributed by atoms with Gasteiger partial charge in [-0.1, -0.05) is 52.3 Å². The Labute approximate surface area is 121 Å². The zero-order chi connectivity index (χ0) is 13.4. The van der Waals surface area contributed by atoms with E-state index in [1.807, 2.05) is 13.2 Å². The van der Waals surface area contributed by atoms with Gasteiger partial charge in [-0.15, -0.1) is 0 Å². The third-order valence-corrected chi connectivity index (χ3v) is 4.47. The van der Waals surface area contributed by atoms with Crippen molar-refractivity contribution < 1.29 is 4.42 Å². The summed E-state index contributed by atoms with van der Waals surface area (Å²) in [5.74, 6) is 0.942. The summed E-state index contributed by atoms with van der Waals surface area (Å²) in [7, 11) is 0. The number of rotatable bonds is 2. The van der Waals surface area contributed by atoms with Crippen molar-refractivity contribution in [1.29, 1.82) is 0 Å². The standard InChI is InChI=1S/C17H15BrO/c1-11-7-8-13-5-3-4-6-15(13)16(11)17(18)14-9-12(2)19-10-14/h3-10,17H,1-2H3. The van der Waals surface area contributed by atoms with Gasteiger partial charge in [-0.25, -0.2) is 0 Å². The topological polar surface area (TPSA) is 13.1 Å². The SMILES string of the molecule is Cc1cc(C(Br)c2c(C)ccc3ccccc23)co1. The highest BCUT2D eigenvalue weighted by atomic mass is 79.9. The van der Waals surface area contributed by atoms with Gasteiger partial charge in [0.1, 0.15) is 5.76 Å². The first-order chi connectivity index (χ1) is 9.16.